The van der Waals surface area contributed by atoms with E-state index in [4.69, 9.17) is 0 Å². The summed E-state index contributed by atoms with van der Waals surface area (Å²) in [5.74, 6) is 0. The number of hydrogen-bond acceptors (Lipinski definition) is 2. The highest BCUT2D eigenvalue weighted by Gasteiger charge is 2.18. The maximum absolute atomic E-state index is 3.61. The van der Waals surface area contributed by atoms with Gasteiger partial charge in [-0.1, -0.05) is 20.8 Å². The quantitative estimate of drug-likeness (QED) is 0.723. The van der Waals surface area contributed by atoms with E-state index in [-0.39, 0.29) is 0 Å². The zero-order valence-corrected chi connectivity index (χ0v) is 10.2. The predicted molar refractivity (Wildman–Crippen MR) is 62.6 cm³/mol. The third-order valence-corrected chi connectivity index (χ3v) is 2.78. The SMILES string of the molecule is CC(CC1CCCN1)NCC(C)(C)C. The minimum atomic E-state index is 0.400. The fraction of sp³-hybridized carbons (Fsp3) is 1.00. The van der Waals surface area contributed by atoms with Crippen LogP contribution in [0.25, 0.3) is 0 Å². The van der Waals surface area contributed by atoms with Gasteiger partial charge in [0.15, 0.2) is 0 Å². The molecule has 2 nitrogen and oxygen atoms in total. The average Bonchev–Trinajstić information content (AvgIpc) is 2.52. The van der Waals surface area contributed by atoms with E-state index in [0.717, 1.165) is 12.6 Å². The molecule has 0 bridgehead atoms. The molecular weight excluding hydrogens is 172 g/mol. The summed E-state index contributed by atoms with van der Waals surface area (Å²) < 4.78 is 0. The lowest BCUT2D eigenvalue weighted by atomic mass is 9.96. The van der Waals surface area contributed by atoms with E-state index in [2.05, 4.69) is 38.3 Å². The Labute approximate surface area is 88.8 Å². The molecule has 1 aliphatic rings. The van der Waals surface area contributed by atoms with Crippen molar-refractivity contribution in [3.8, 4) is 0 Å². The molecule has 1 rings (SSSR count). The van der Waals surface area contributed by atoms with E-state index in [1.807, 2.05) is 0 Å². The minimum absolute atomic E-state index is 0.400. The molecule has 84 valence electrons. The zero-order valence-electron chi connectivity index (χ0n) is 10.2. The highest BCUT2D eigenvalue weighted by molar-refractivity contribution is 4.79. The predicted octanol–water partition coefficient (Wildman–Crippen LogP) is 2.15. The van der Waals surface area contributed by atoms with Gasteiger partial charge in [-0.2, -0.15) is 0 Å². The van der Waals surface area contributed by atoms with E-state index >= 15 is 0 Å². The van der Waals surface area contributed by atoms with Crippen molar-refractivity contribution in [3.63, 3.8) is 0 Å². The summed E-state index contributed by atoms with van der Waals surface area (Å²) in [5, 5.41) is 7.15. The first-order valence-corrected chi connectivity index (χ1v) is 5.94. The summed E-state index contributed by atoms with van der Waals surface area (Å²) in [7, 11) is 0. The second kappa shape index (κ2) is 5.13. The van der Waals surface area contributed by atoms with Crippen LogP contribution in [0.15, 0.2) is 0 Å². The van der Waals surface area contributed by atoms with Gasteiger partial charge in [0.2, 0.25) is 0 Å². The Bertz CT molecular complexity index is 154. The van der Waals surface area contributed by atoms with E-state index in [1.54, 1.807) is 0 Å². The summed E-state index contributed by atoms with van der Waals surface area (Å²) in [6.45, 7) is 11.5. The van der Waals surface area contributed by atoms with E-state index in [1.165, 1.54) is 25.8 Å². The summed E-state index contributed by atoms with van der Waals surface area (Å²) in [4.78, 5) is 0. The summed E-state index contributed by atoms with van der Waals surface area (Å²) in [5.41, 5.74) is 0.400. The molecule has 1 fully saturated rings. The molecule has 0 aromatic heterocycles. The Morgan fingerprint density at radius 1 is 1.43 bits per heavy atom. The van der Waals surface area contributed by atoms with Crippen molar-refractivity contribution < 1.29 is 0 Å². The third-order valence-electron chi connectivity index (χ3n) is 2.78. The molecule has 1 aliphatic heterocycles. The fourth-order valence-corrected chi connectivity index (χ4v) is 1.95. The molecule has 0 radical (unpaired) electrons. The van der Waals surface area contributed by atoms with Crippen LogP contribution in [0.3, 0.4) is 0 Å². The monoisotopic (exact) mass is 198 g/mol. The van der Waals surface area contributed by atoms with Crippen LogP contribution in [0, 0.1) is 5.41 Å². The van der Waals surface area contributed by atoms with Gasteiger partial charge in [-0.15, -0.1) is 0 Å². The lowest BCUT2D eigenvalue weighted by Gasteiger charge is -2.24. The van der Waals surface area contributed by atoms with Crippen LogP contribution in [0.5, 0.6) is 0 Å². The molecule has 2 atom stereocenters. The first kappa shape index (κ1) is 12.0. The lowest BCUT2D eigenvalue weighted by molar-refractivity contribution is 0.338. The van der Waals surface area contributed by atoms with Crippen molar-refractivity contribution in [2.75, 3.05) is 13.1 Å². The van der Waals surface area contributed by atoms with Crippen LogP contribution in [-0.4, -0.2) is 25.2 Å². The van der Waals surface area contributed by atoms with Crippen molar-refractivity contribution in [2.45, 2.75) is 59.0 Å². The van der Waals surface area contributed by atoms with Gasteiger partial charge in [0, 0.05) is 18.6 Å². The molecule has 2 unspecified atom stereocenters. The standard InChI is InChI=1S/C12H26N2/c1-10(14-9-12(2,3)4)8-11-6-5-7-13-11/h10-11,13-14H,5-9H2,1-4H3. The van der Waals surface area contributed by atoms with Gasteiger partial charge in [0.05, 0.1) is 0 Å². The van der Waals surface area contributed by atoms with Gasteiger partial charge >= 0.3 is 0 Å². The number of hydrogen-bond donors (Lipinski definition) is 2. The van der Waals surface area contributed by atoms with Gasteiger partial charge in [0.25, 0.3) is 0 Å². The maximum Gasteiger partial charge on any atom is 0.00822 e. The van der Waals surface area contributed by atoms with Crippen molar-refractivity contribution >= 4 is 0 Å². The van der Waals surface area contributed by atoms with Crippen molar-refractivity contribution in [1.29, 1.82) is 0 Å². The lowest BCUT2D eigenvalue weighted by Crippen LogP contribution is -2.38. The summed E-state index contributed by atoms with van der Waals surface area (Å²) >= 11 is 0. The molecule has 1 saturated heterocycles. The van der Waals surface area contributed by atoms with Crippen LogP contribution in [0.2, 0.25) is 0 Å². The zero-order chi connectivity index (χ0) is 10.6. The Morgan fingerprint density at radius 3 is 2.64 bits per heavy atom. The molecule has 1 heterocycles. The van der Waals surface area contributed by atoms with Crippen LogP contribution in [-0.2, 0) is 0 Å². The fourth-order valence-electron chi connectivity index (χ4n) is 1.95. The Kier molecular flexibility index (Phi) is 4.39. The van der Waals surface area contributed by atoms with Crippen LogP contribution < -0.4 is 10.6 Å². The largest absolute Gasteiger partial charge is 0.314 e. The average molecular weight is 198 g/mol. The van der Waals surface area contributed by atoms with Crippen molar-refractivity contribution in [3.05, 3.63) is 0 Å². The molecule has 0 aromatic carbocycles. The topological polar surface area (TPSA) is 24.1 Å². The molecule has 14 heavy (non-hydrogen) atoms. The van der Waals surface area contributed by atoms with Gasteiger partial charge in [-0.05, 0) is 38.1 Å². The molecular formula is C12H26N2. The van der Waals surface area contributed by atoms with Crippen molar-refractivity contribution in [2.24, 2.45) is 5.41 Å². The van der Waals surface area contributed by atoms with Gasteiger partial charge in [-0.25, -0.2) is 0 Å². The molecule has 0 aliphatic carbocycles. The molecule has 2 heteroatoms. The summed E-state index contributed by atoms with van der Waals surface area (Å²) in [6, 6.07) is 1.40. The second-order valence-corrected chi connectivity index (χ2v) is 5.87. The van der Waals surface area contributed by atoms with Crippen molar-refractivity contribution in [1.82, 2.24) is 10.6 Å². The number of nitrogens with one attached hydrogen (secondary N) is 2. The maximum atomic E-state index is 3.61. The number of rotatable bonds is 4. The van der Waals surface area contributed by atoms with E-state index < -0.39 is 0 Å². The van der Waals surface area contributed by atoms with E-state index in [0.29, 0.717) is 11.5 Å². The minimum Gasteiger partial charge on any atom is -0.314 e. The molecule has 2 N–H and O–H groups in total. The normalized spacial score (nSPS) is 25.3. The Hall–Kier alpha value is -0.0800. The molecule has 0 aromatic rings. The van der Waals surface area contributed by atoms with Crippen LogP contribution in [0.4, 0.5) is 0 Å². The second-order valence-electron chi connectivity index (χ2n) is 5.87. The highest BCUT2D eigenvalue weighted by atomic mass is 15.0. The van der Waals surface area contributed by atoms with Gasteiger partial charge in [0.1, 0.15) is 0 Å². The molecule has 0 spiro atoms. The third kappa shape index (κ3) is 4.97. The highest BCUT2D eigenvalue weighted by Crippen LogP contribution is 2.13. The smallest absolute Gasteiger partial charge is 0.00822 e. The van der Waals surface area contributed by atoms with Crippen LogP contribution >= 0.6 is 0 Å². The van der Waals surface area contributed by atoms with Gasteiger partial charge in [-0.3, -0.25) is 0 Å². The molecule has 0 saturated carbocycles. The first-order chi connectivity index (χ1) is 6.47. The Morgan fingerprint density at radius 2 is 2.14 bits per heavy atom. The van der Waals surface area contributed by atoms with Gasteiger partial charge < -0.3 is 10.6 Å². The first-order valence-electron chi connectivity index (χ1n) is 5.94. The van der Waals surface area contributed by atoms with E-state index in [9.17, 15) is 0 Å². The Balaban J connectivity index is 2.12. The molecule has 0 amide bonds. The van der Waals surface area contributed by atoms with Crippen LogP contribution in [0.1, 0.15) is 47.0 Å². The summed E-state index contributed by atoms with van der Waals surface area (Å²) in [6.07, 6.45) is 3.99.